The second kappa shape index (κ2) is 4.08. The maximum absolute atomic E-state index is 13.0. The number of nitrogens with one attached hydrogen (secondary N) is 1. The Kier molecular flexibility index (Phi) is 3.16. The van der Waals surface area contributed by atoms with Crippen molar-refractivity contribution in [2.24, 2.45) is 5.84 Å². The number of nitro benzene ring substituents is 1. The molecule has 1 aromatic carbocycles. The van der Waals surface area contributed by atoms with Gasteiger partial charge in [-0.05, 0) is 0 Å². The van der Waals surface area contributed by atoms with Crippen molar-refractivity contribution in [1.82, 2.24) is 4.83 Å². The average molecular weight is 253 g/mol. The lowest BCUT2D eigenvalue weighted by atomic mass is 10.3. The van der Waals surface area contributed by atoms with E-state index in [0.29, 0.717) is 0 Å². The Morgan fingerprint density at radius 3 is 2.31 bits per heavy atom. The molecule has 0 saturated carbocycles. The van der Waals surface area contributed by atoms with Crippen LogP contribution in [-0.2, 0) is 10.0 Å². The molecule has 0 saturated heterocycles. The molecule has 0 aliphatic carbocycles. The number of sulfonamides is 1. The Labute approximate surface area is 88.0 Å². The molecule has 16 heavy (non-hydrogen) atoms. The molecule has 0 unspecified atom stereocenters. The second-order valence-corrected chi connectivity index (χ2v) is 4.29. The van der Waals surface area contributed by atoms with Gasteiger partial charge in [0.1, 0.15) is 10.7 Å². The molecule has 0 atom stereocenters. The van der Waals surface area contributed by atoms with Crippen molar-refractivity contribution in [2.75, 3.05) is 0 Å². The fourth-order valence-corrected chi connectivity index (χ4v) is 1.64. The van der Waals surface area contributed by atoms with Crippen LogP contribution in [0.25, 0.3) is 0 Å². The minimum atomic E-state index is -4.42. The molecule has 1 aromatic rings. The van der Waals surface area contributed by atoms with E-state index in [0.717, 1.165) is 0 Å². The summed E-state index contributed by atoms with van der Waals surface area (Å²) in [7, 11) is -4.42. The summed E-state index contributed by atoms with van der Waals surface area (Å²) in [4.78, 5) is 9.30. The second-order valence-electron chi connectivity index (χ2n) is 2.61. The largest absolute Gasteiger partial charge is 0.306 e. The van der Waals surface area contributed by atoms with E-state index in [-0.39, 0.29) is 12.1 Å². The van der Waals surface area contributed by atoms with E-state index in [1.54, 1.807) is 0 Å². The molecule has 88 valence electrons. The van der Waals surface area contributed by atoms with Crippen molar-refractivity contribution in [3.63, 3.8) is 0 Å². The van der Waals surface area contributed by atoms with Crippen LogP contribution < -0.4 is 10.7 Å². The monoisotopic (exact) mass is 253 g/mol. The summed E-state index contributed by atoms with van der Waals surface area (Å²) in [6, 6.07) is 0.349. The molecular weight excluding hydrogens is 248 g/mol. The Hall–Kier alpha value is -1.65. The van der Waals surface area contributed by atoms with E-state index in [2.05, 4.69) is 5.84 Å². The third-order valence-corrected chi connectivity index (χ3v) is 2.84. The molecule has 0 aliphatic heterocycles. The number of nitrogens with two attached hydrogens (primary N) is 1. The first-order valence-corrected chi connectivity index (χ1v) is 5.13. The van der Waals surface area contributed by atoms with Gasteiger partial charge in [-0.15, -0.1) is 4.83 Å². The topological polar surface area (TPSA) is 115 Å². The third kappa shape index (κ3) is 2.13. The SMILES string of the molecule is NNS(=O)(=O)c1cc([N+](=O)[O-])c(F)cc1F. The lowest BCUT2D eigenvalue weighted by Gasteiger charge is -2.03. The molecule has 0 radical (unpaired) electrons. The number of halogens is 2. The summed E-state index contributed by atoms with van der Waals surface area (Å²) >= 11 is 0. The summed E-state index contributed by atoms with van der Waals surface area (Å²) in [5.74, 6) is 1.66. The summed E-state index contributed by atoms with van der Waals surface area (Å²) < 4.78 is 48.1. The minimum Gasteiger partial charge on any atom is -0.258 e. The Balaban J connectivity index is 3.55. The van der Waals surface area contributed by atoms with Crippen LogP contribution in [0.3, 0.4) is 0 Å². The summed E-state index contributed by atoms with van der Waals surface area (Å²) in [6.07, 6.45) is 0. The van der Waals surface area contributed by atoms with E-state index in [1.165, 1.54) is 4.83 Å². The van der Waals surface area contributed by atoms with Gasteiger partial charge in [0.2, 0.25) is 5.82 Å². The molecule has 0 aromatic heterocycles. The predicted molar refractivity (Wildman–Crippen MR) is 47.5 cm³/mol. The molecule has 10 heteroatoms. The molecule has 1 rings (SSSR count). The van der Waals surface area contributed by atoms with Crippen LogP contribution in [0.1, 0.15) is 0 Å². The maximum Gasteiger partial charge on any atom is 0.306 e. The quantitative estimate of drug-likeness (QED) is 0.447. The van der Waals surface area contributed by atoms with Gasteiger partial charge in [-0.2, -0.15) is 4.39 Å². The van der Waals surface area contributed by atoms with Crippen molar-refractivity contribution in [3.8, 4) is 0 Å². The van der Waals surface area contributed by atoms with Gasteiger partial charge in [-0.1, -0.05) is 0 Å². The van der Waals surface area contributed by atoms with Gasteiger partial charge in [-0.3, -0.25) is 16.0 Å². The molecular formula is C6H5F2N3O4S. The van der Waals surface area contributed by atoms with E-state index >= 15 is 0 Å². The molecule has 3 N–H and O–H groups in total. The van der Waals surface area contributed by atoms with Crippen LogP contribution in [0.5, 0.6) is 0 Å². The predicted octanol–water partition coefficient (Wildman–Crippen LogP) is 0.0250. The van der Waals surface area contributed by atoms with Crippen molar-refractivity contribution < 1.29 is 22.1 Å². The number of nitrogens with zero attached hydrogens (tertiary/aromatic N) is 1. The van der Waals surface area contributed by atoms with Crippen LogP contribution in [-0.4, -0.2) is 13.3 Å². The van der Waals surface area contributed by atoms with Crippen LogP contribution in [0.2, 0.25) is 0 Å². The Morgan fingerprint density at radius 1 is 1.31 bits per heavy atom. The number of hydrogen-bond acceptors (Lipinski definition) is 5. The smallest absolute Gasteiger partial charge is 0.258 e. The van der Waals surface area contributed by atoms with Crippen LogP contribution >= 0.6 is 0 Å². The van der Waals surface area contributed by atoms with Gasteiger partial charge in [0.25, 0.3) is 10.0 Å². The molecule has 0 amide bonds. The van der Waals surface area contributed by atoms with E-state index in [9.17, 15) is 27.3 Å². The van der Waals surface area contributed by atoms with Crippen molar-refractivity contribution in [1.29, 1.82) is 0 Å². The molecule has 0 spiro atoms. The third-order valence-electron chi connectivity index (χ3n) is 1.64. The molecule has 0 aliphatic rings. The van der Waals surface area contributed by atoms with Crippen LogP contribution in [0.15, 0.2) is 17.0 Å². The van der Waals surface area contributed by atoms with E-state index in [4.69, 9.17) is 0 Å². The van der Waals surface area contributed by atoms with Gasteiger partial charge in [-0.25, -0.2) is 12.8 Å². The first-order chi connectivity index (χ1) is 7.29. The number of hydrogen-bond donors (Lipinski definition) is 2. The highest BCUT2D eigenvalue weighted by atomic mass is 32.2. The molecule has 0 bridgehead atoms. The first-order valence-electron chi connectivity index (χ1n) is 3.65. The van der Waals surface area contributed by atoms with Crippen molar-refractivity contribution >= 4 is 15.7 Å². The van der Waals surface area contributed by atoms with Gasteiger partial charge in [0, 0.05) is 12.1 Å². The van der Waals surface area contributed by atoms with Gasteiger partial charge in [0.15, 0.2) is 0 Å². The fourth-order valence-electron chi connectivity index (χ4n) is 0.928. The number of rotatable bonds is 3. The van der Waals surface area contributed by atoms with Crippen LogP contribution in [0.4, 0.5) is 14.5 Å². The summed E-state index contributed by atoms with van der Waals surface area (Å²) in [6.45, 7) is 0. The molecule has 0 heterocycles. The number of benzene rings is 1. The lowest BCUT2D eigenvalue weighted by Crippen LogP contribution is -2.31. The average Bonchev–Trinajstić information content (AvgIpc) is 2.16. The normalized spacial score (nSPS) is 11.4. The minimum absolute atomic E-state index is 0.0996. The zero-order valence-corrected chi connectivity index (χ0v) is 8.29. The highest BCUT2D eigenvalue weighted by molar-refractivity contribution is 7.89. The Morgan fingerprint density at radius 2 is 1.88 bits per heavy atom. The van der Waals surface area contributed by atoms with Crippen LogP contribution in [0, 0.1) is 21.7 Å². The summed E-state index contributed by atoms with van der Waals surface area (Å²) in [5.41, 5.74) is -1.16. The lowest BCUT2D eigenvalue weighted by molar-refractivity contribution is -0.387. The van der Waals surface area contributed by atoms with Gasteiger partial charge < -0.3 is 0 Å². The zero-order chi connectivity index (χ0) is 12.5. The van der Waals surface area contributed by atoms with Crippen molar-refractivity contribution in [3.05, 3.63) is 33.9 Å². The maximum atomic E-state index is 13.0. The van der Waals surface area contributed by atoms with Crippen molar-refractivity contribution in [2.45, 2.75) is 4.90 Å². The van der Waals surface area contributed by atoms with E-state index in [1.807, 2.05) is 0 Å². The number of nitro groups is 1. The fraction of sp³-hybridized carbons (Fsp3) is 0. The highest BCUT2D eigenvalue weighted by Gasteiger charge is 2.25. The highest BCUT2D eigenvalue weighted by Crippen LogP contribution is 2.24. The van der Waals surface area contributed by atoms with Gasteiger partial charge in [0.05, 0.1) is 4.92 Å². The van der Waals surface area contributed by atoms with Gasteiger partial charge >= 0.3 is 5.69 Å². The first kappa shape index (κ1) is 12.4. The van der Waals surface area contributed by atoms with E-state index < -0.39 is 37.2 Å². The molecule has 7 nitrogen and oxygen atoms in total. The molecule has 0 fully saturated rings. The Bertz CT molecular complexity index is 545. The summed E-state index contributed by atoms with van der Waals surface area (Å²) in [5, 5.41) is 10.3. The standard InChI is InChI=1S/C6H5F2N3O4S/c7-3-1-4(8)6(16(14,15)10-9)2-5(3)11(12)13/h1-2,10H,9H2. The number of hydrazine groups is 1. The zero-order valence-electron chi connectivity index (χ0n) is 7.48.